The first kappa shape index (κ1) is 11.8. The summed E-state index contributed by atoms with van der Waals surface area (Å²) < 4.78 is 6.16. The number of hydrogen-bond donors (Lipinski definition) is 0. The first-order valence-electron chi connectivity index (χ1n) is 5.13. The predicted molar refractivity (Wildman–Crippen MR) is 63.8 cm³/mol. The van der Waals surface area contributed by atoms with Gasteiger partial charge in [0.25, 0.3) is 5.69 Å². The highest BCUT2D eigenvalue weighted by Crippen LogP contribution is 2.24. The number of ether oxygens (including phenoxy) is 1. The van der Waals surface area contributed by atoms with Crippen molar-refractivity contribution in [1.82, 2.24) is 4.57 Å². The largest absolute Gasteiger partial charge is 0.465 e. The molecule has 0 aliphatic carbocycles. The zero-order valence-electron chi connectivity index (χ0n) is 9.57. The summed E-state index contributed by atoms with van der Waals surface area (Å²) in [6.45, 7) is 0. The highest BCUT2D eigenvalue weighted by atomic mass is 16.6. The summed E-state index contributed by atoms with van der Waals surface area (Å²) in [5, 5.41) is 10.9. The highest BCUT2D eigenvalue weighted by molar-refractivity contribution is 5.90. The van der Waals surface area contributed by atoms with Gasteiger partial charge in [-0.3, -0.25) is 10.1 Å². The Hall–Kier alpha value is -2.63. The molecule has 0 fully saturated rings. The molecule has 1 heterocycles. The Labute approximate surface area is 103 Å². The zero-order valence-corrected chi connectivity index (χ0v) is 9.57. The van der Waals surface area contributed by atoms with Gasteiger partial charge in [-0.1, -0.05) is 0 Å². The maximum Gasteiger partial charge on any atom is 0.337 e. The van der Waals surface area contributed by atoms with Crippen molar-refractivity contribution in [2.45, 2.75) is 0 Å². The third kappa shape index (κ3) is 2.08. The molecule has 0 radical (unpaired) electrons. The molecule has 18 heavy (non-hydrogen) atoms. The van der Waals surface area contributed by atoms with Crippen LogP contribution in [0.15, 0.2) is 42.7 Å². The van der Waals surface area contributed by atoms with Crippen LogP contribution in [-0.2, 0) is 4.74 Å². The van der Waals surface area contributed by atoms with Crippen LogP contribution in [0.3, 0.4) is 0 Å². The van der Waals surface area contributed by atoms with E-state index < -0.39 is 10.9 Å². The Bertz CT molecular complexity index is 590. The Morgan fingerprint density at radius 1 is 1.33 bits per heavy atom. The molecular weight excluding hydrogens is 236 g/mol. The van der Waals surface area contributed by atoms with E-state index in [9.17, 15) is 14.9 Å². The topological polar surface area (TPSA) is 74.4 Å². The third-order valence-electron chi connectivity index (χ3n) is 2.48. The van der Waals surface area contributed by atoms with Crippen LogP contribution in [0.2, 0.25) is 0 Å². The number of hydrogen-bond acceptors (Lipinski definition) is 4. The molecule has 0 atom stereocenters. The fourth-order valence-electron chi connectivity index (χ4n) is 1.62. The van der Waals surface area contributed by atoms with Gasteiger partial charge >= 0.3 is 5.97 Å². The molecular formula is C12H10N2O4. The molecule has 0 N–H and O–H groups in total. The molecule has 0 aliphatic heterocycles. The van der Waals surface area contributed by atoms with E-state index in [4.69, 9.17) is 0 Å². The van der Waals surface area contributed by atoms with Gasteiger partial charge in [-0.25, -0.2) is 4.79 Å². The third-order valence-corrected chi connectivity index (χ3v) is 2.48. The number of nitrogens with zero attached hydrogens (tertiary/aromatic N) is 2. The number of esters is 1. The number of rotatable bonds is 3. The van der Waals surface area contributed by atoms with Crippen LogP contribution in [0.1, 0.15) is 10.4 Å². The van der Waals surface area contributed by atoms with Gasteiger partial charge in [-0.15, -0.1) is 0 Å². The lowest BCUT2D eigenvalue weighted by Crippen LogP contribution is -2.05. The number of benzene rings is 1. The van der Waals surface area contributed by atoms with E-state index >= 15 is 0 Å². The van der Waals surface area contributed by atoms with Crippen molar-refractivity contribution >= 4 is 11.7 Å². The summed E-state index contributed by atoms with van der Waals surface area (Å²) in [6.07, 6.45) is 3.34. The van der Waals surface area contributed by atoms with E-state index in [0.29, 0.717) is 5.69 Å². The minimum atomic E-state index is -0.529. The summed E-state index contributed by atoms with van der Waals surface area (Å²) >= 11 is 0. The summed E-state index contributed by atoms with van der Waals surface area (Å²) in [7, 11) is 1.26. The Balaban J connectivity index is 2.59. The van der Waals surface area contributed by atoms with Gasteiger partial charge in [0.05, 0.1) is 17.6 Å². The molecule has 0 amide bonds. The van der Waals surface area contributed by atoms with E-state index in [0.717, 1.165) is 0 Å². The van der Waals surface area contributed by atoms with Crippen molar-refractivity contribution in [2.24, 2.45) is 0 Å². The van der Waals surface area contributed by atoms with Gasteiger partial charge in [-0.05, 0) is 24.3 Å². The molecule has 0 bridgehead atoms. The monoisotopic (exact) mass is 246 g/mol. The molecule has 0 saturated carbocycles. The molecule has 6 heteroatoms. The SMILES string of the molecule is COC(=O)c1ccc([N+](=O)[O-])c(-n2cccc2)c1. The van der Waals surface area contributed by atoms with Crippen LogP contribution < -0.4 is 0 Å². The summed E-state index contributed by atoms with van der Waals surface area (Å²) in [6, 6.07) is 7.59. The van der Waals surface area contributed by atoms with Crippen molar-refractivity contribution in [1.29, 1.82) is 0 Å². The number of aromatic nitrogens is 1. The standard InChI is InChI=1S/C12H10N2O4/c1-18-12(15)9-4-5-10(14(16)17)11(8-9)13-6-2-3-7-13/h2-8H,1H3. The molecule has 2 rings (SSSR count). The number of carbonyl (C=O) groups excluding carboxylic acids is 1. The lowest BCUT2D eigenvalue weighted by Gasteiger charge is -2.06. The second-order valence-corrected chi connectivity index (χ2v) is 3.54. The van der Waals surface area contributed by atoms with Crippen LogP contribution >= 0.6 is 0 Å². The second-order valence-electron chi connectivity index (χ2n) is 3.54. The first-order chi connectivity index (χ1) is 8.63. The quantitative estimate of drug-likeness (QED) is 0.472. The van der Waals surface area contributed by atoms with Crippen molar-refractivity contribution in [3.05, 3.63) is 58.4 Å². The van der Waals surface area contributed by atoms with Gasteiger partial charge in [0.2, 0.25) is 0 Å². The van der Waals surface area contributed by atoms with Gasteiger partial charge in [-0.2, -0.15) is 0 Å². The maximum atomic E-state index is 11.4. The minimum absolute atomic E-state index is 0.0705. The molecule has 6 nitrogen and oxygen atoms in total. The van der Waals surface area contributed by atoms with E-state index in [1.165, 1.54) is 25.3 Å². The lowest BCUT2D eigenvalue weighted by molar-refractivity contribution is -0.384. The Kier molecular flexibility index (Phi) is 3.09. The van der Waals surface area contributed by atoms with E-state index in [1.54, 1.807) is 29.1 Å². The smallest absolute Gasteiger partial charge is 0.337 e. The average Bonchev–Trinajstić information content (AvgIpc) is 2.90. The van der Waals surface area contributed by atoms with E-state index in [1.807, 2.05) is 0 Å². The van der Waals surface area contributed by atoms with Crippen LogP contribution in [0.5, 0.6) is 0 Å². The van der Waals surface area contributed by atoms with E-state index in [-0.39, 0.29) is 11.3 Å². The number of nitro benzene ring substituents is 1. The normalized spacial score (nSPS) is 10.1. The van der Waals surface area contributed by atoms with E-state index in [2.05, 4.69) is 4.74 Å². The molecule has 0 aliphatic rings. The summed E-state index contributed by atoms with van der Waals surface area (Å²) in [5.74, 6) is -0.529. The molecule has 1 aromatic heterocycles. The average molecular weight is 246 g/mol. The first-order valence-corrected chi connectivity index (χ1v) is 5.13. The maximum absolute atomic E-state index is 11.4. The van der Waals surface area contributed by atoms with Crippen molar-refractivity contribution in [2.75, 3.05) is 7.11 Å². The fraction of sp³-hybridized carbons (Fsp3) is 0.0833. The van der Waals surface area contributed by atoms with Crippen LogP contribution in [0.4, 0.5) is 5.69 Å². The minimum Gasteiger partial charge on any atom is -0.465 e. The Morgan fingerprint density at radius 2 is 2.00 bits per heavy atom. The van der Waals surface area contributed by atoms with Gasteiger partial charge in [0.1, 0.15) is 5.69 Å². The Morgan fingerprint density at radius 3 is 2.56 bits per heavy atom. The molecule has 1 aromatic carbocycles. The van der Waals surface area contributed by atoms with Crippen molar-refractivity contribution < 1.29 is 14.5 Å². The van der Waals surface area contributed by atoms with Gasteiger partial charge in [0.15, 0.2) is 0 Å². The summed E-state index contributed by atoms with van der Waals surface area (Å²) in [4.78, 5) is 21.9. The predicted octanol–water partition coefficient (Wildman–Crippen LogP) is 2.17. The number of methoxy groups -OCH3 is 1. The summed E-state index contributed by atoms with van der Waals surface area (Å²) in [5.41, 5.74) is 0.526. The van der Waals surface area contributed by atoms with Gasteiger partial charge in [0, 0.05) is 18.5 Å². The van der Waals surface area contributed by atoms with Crippen molar-refractivity contribution in [3.8, 4) is 5.69 Å². The molecule has 0 saturated heterocycles. The van der Waals surface area contributed by atoms with Crippen LogP contribution in [0, 0.1) is 10.1 Å². The van der Waals surface area contributed by atoms with Crippen LogP contribution in [0.25, 0.3) is 5.69 Å². The second kappa shape index (κ2) is 4.70. The molecule has 92 valence electrons. The molecule has 0 spiro atoms. The van der Waals surface area contributed by atoms with Crippen molar-refractivity contribution in [3.63, 3.8) is 0 Å². The molecule has 2 aromatic rings. The van der Waals surface area contributed by atoms with Crippen LogP contribution in [-0.4, -0.2) is 22.6 Å². The number of nitro groups is 1. The fourth-order valence-corrected chi connectivity index (χ4v) is 1.62. The zero-order chi connectivity index (χ0) is 13.1. The molecule has 0 unspecified atom stereocenters. The van der Waals surface area contributed by atoms with Gasteiger partial charge < -0.3 is 9.30 Å². The number of carbonyl (C=O) groups is 1. The lowest BCUT2D eigenvalue weighted by atomic mass is 10.1. The highest BCUT2D eigenvalue weighted by Gasteiger charge is 2.17.